The van der Waals surface area contributed by atoms with Crippen LogP contribution < -0.4 is 5.32 Å². The van der Waals surface area contributed by atoms with Crippen LogP contribution in [-0.4, -0.2) is 47.8 Å². The topological polar surface area (TPSA) is 24.5 Å². The molecule has 0 spiro atoms. The predicted molar refractivity (Wildman–Crippen MR) is 80.5 cm³/mol. The lowest BCUT2D eigenvalue weighted by molar-refractivity contribution is 0.00902. The summed E-state index contributed by atoms with van der Waals surface area (Å²) >= 11 is 0. The molecule has 2 rings (SSSR count). The summed E-state index contributed by atoms with van der Waals surface area (Å²) in [6.45, 7) is 14.7. The number of hydrogen-bond donors (Lipinski definition) is 1. The molecule has 2 heterocycles. The minimum atomic E-state index is 0.193. The molecule has 2 aliphatic heterocycles. The van der Waals surface area contributed by atoms with Crippen LogP contribution in [0.2, 0.25) is 0 Å². The SMILES string of the molecule is CC(C)(C)NCC1CCC(CN2CCCC2(C)C)O1. The molecule has 0 aromatic rings. The van der Waals surface area contributed by atoms with Crippen molar-refractivity contribution in [1.29, 1.82) is 0 Å². The van der Waals surface area contributed by atoms with E-state index in [1.54, 1.807) is 0 Å². The monoisotopic (exact) mass is 268 g/mol. The van der Waals surface area contributed by atoms with Crippen molar-refractivity contribution in [2.75, 3.05) is 19.6 Å². The third-order valence-electron chi connectivity index (χ3n) is 4.55. The van der Waals surface area contributed by atoms with Crippen molar-refractivity contribution in [3.8, 4) is 0 Å². The van der Waals surface area contributed by atoms with Crippen LogP contribution in [0.4, 0.5) is 0 Å². The van der Waals surface area contributed by atoms with E-state index < -0.39 is 0 Å². The average Bonchev–Trinajstić information content (AvgIpc) is 2.83. The lowest BCUT2D eigenvalue weighted by Gasteiger charge is -2.33. The lowest BCUT2D eigenvalue weighted by Crippen LogP contribution is -2.43. The molecule has 1 N–H and O–H groups in total. The van der Waals surface area contributed by atoms with Crippen molar-refractivity contribution in [3.63, 3.8) is 0 Å². The minimum absolute atomic E-state index is 0.193. The van der Waals surface area contributed by atoms with Gasteiger partial charge in [0, 0.05) is 24.2 Å². The van der Waals surface area contributed by atoms with Gasteiger partial charge in [0.05, 0.1) is 12.2 Å². The van der Waals surface area contributed by atoms with Gasteiger partial charge in [0.2, 0.25) is 0 Å². The molecule has 0 saturated carbocycles. The van der Waals surface area contributed by atoms with Gasteiger partial charge in [-0.25, -0.2) is 0 Å². The van der Waals surface area contributed by atoms with E-state index >= 15 is 0 Å². The molecule has 0 amide bonds. The van der Waals surface area contributed by atoms with Crippen molar-refractivity contribution >= 4 is 0 Å². The molecule has 2 saturated heterocycles. The second-order valence-electron chi connectivity index (χ2n) is 7.95. The Morgan fingerprint density at radius 2 is 1.89 bits per heavy atom. The molecule has 2 unspecified atom stereocenters. The van der Waals surface area contributed by atoms with Crippen molar-refractivity contribution < 1.29 is 4.74 Å². The van der Waals surface area contributed by atoms with Gasteiger partial charge < -0.3 is 10.1 Å². The number of nitrogens with zero attached hydrogens (tertiary/aromatic N) is 1. The molecule has 19 heavy (non-hydrogen) atoms. The summed E-state index contributed by atoms with van der Waals surface area (Å²) in [7, 11) is 0. The van der Waals surface area contributed by atoms with Crippen molar-refractivity contribution in [3.05, 3.63) is 0 Å². The van der Waals surface area contributed by atoms with E-state index in [0.29, 0.717) is 17.7 Å². The first-order valence-corrected chi connectivity index (χ1v) is 7.92. The van der Waals surface area contributed by atoms with Crippen LogP contribution in [-0.2, 0) is 4.74 Å². The number of likely N-dealkylation sites (tertiary alicyclic amines) is 1. The van der Waals surface area contributed by atoms with Gasteiger partial charge in [-0.1, -0.05) is 0 Å². The summed E-state index contributed by atoms with van der Waals surface area (Å²) in [5, 5.41) is 3.56. The third kappa shape index (κ3) is 4.44. The second kappa shape index (κ2) is 5.71. The Labute approximate surface area is 119 Å². The molecule has 3 heteroatoms. The molecule has 0 aromatic heterocycles. The fourth-order valence-corrected chi connectivity index (χ4v) is 3.23. The van der Waals surface area contributed by atoms with Gasteiger partial charge in [0.15, 0.2) is 0 Å². The Morgan fingerprint density at radius 1 is 1.21 bits per heavy atom. The van der Waals surface area contributed by atoms with E-state index in [2.05, 4.69) is 44.8 Å². The number of hydrogen-bond acceptors (Lipinski definition) is 3. The van der Waals surface area contributed by atoms with Gasteiger partial charge in [-0.05, 0) is 66.8 Å². The summed E-state index contributed by atoms with van der Waals surface area (Å²) in [6, 6.07) is 0. The number of rotatable bonds is 4. The maximum Gasteiger partial charge on any atom is 0.0707 e. The minimum Gasteiger partial charge on any atom is -0.372 e. The normalized spacial score (nSPS) is 32.1. The van der Waals surface area contributed by atoms with Crippen molar-refractivity contribution in [2.45, 2.75) is 83.6 Å². The fourth-order valence-electron chi connectivity index (χ4n) is 3.23. The summed E-state index contributed by atoms with van der Waals surface area (Å²) < 4.78 is 6.21. The smallest absolute Gasteiger partial charge is 0.0707 e. The largest absolute Gasteiger partial charge is 0.372 e. The Bertz CT molecular complexity index is 296. The van der Waals surface area contributed by atoms with E-state index in [-0.39, 0.29) is 5.54 Å². The third-order valence-corrected chi connectivity index (χ3v) is 4.55. The zero-order chi connectivity index (χ0) is 14.1. The fraction of sp³-hybridized carbons (Fsp3) is 1.00. The molecule has 2 fully saturated rings. The number of nitrogens with one attached hydrogen (secondary N) is 1. The highest BCUT2D eigenvalue weighted by atomic mass is 16.5. The Balaban J connectivity index is 1.73. The number of ether oxygens (including phenoxy) is 1. The molecule has 0 bridgehead atoms. The van der Waals surface area contributed by atoms with E-state index in [0.717, 1.165) is 13.1 Å². The highest BCUT2D eigenvalue weighted by Crippen LogP contribution is 2.30. The maximum absolute atomic E-state index is 6.21. The average molecular weight is 268 g/mol. The maximum atomic E-state index is 6.21. The summed E-state index contributed by atoms with van der Waals surface area (Å²) in [5.41, 5.74) is 0.573. The standard InChI is InChI=1S/C16H32N2O/c1-15(2,3)17-11-13-7-8-14(19-13)12-18-10-6-9-16(18,4)5/h13-14,17H,6-12H2,1-5H3. The van der Waals surface area contributed by atoms with Crippen LogP contribution in [0.25, 0.3) is 0 Å². The van der Waals surface area contributed by atoms with E-state index in [1.807, 2.05) is 0 Å². The molecule has 112 valence electrons. The van der Waals surface area contributed by atoms with Crippen LogP contribution in [0.3, 0.4) is 0 Å². The second-order valence-corrected chi connectivity index (χ2v) is 7.95. The first kappa shape index (κ1) is 15.3. The molecule has 3 nitrogen and oxygen atoms in total. The van der Waals surface area contributed by atoms with Gasteiger partial charge in [0.25, 0.3) is 0 Å². The molecular formula is C16H32N2O. The van der Waals surface area contributed by atoms with Gasteiger partial charge in [-0.3, -0.25) is 4.90 Å². The van der Waals surface area contributed by atoms with Gasteiger partial charge >= 0.3 is 0 Å². The molecule has 2 atom stereocenters. The molecule has 0 aliphatic carbocycles. The first-order valence-electron chi connectivity index (χ1n) is 7.92. The van der Waals surface area contributed by atoms with Crippen LogP contribution in [0.1, 0.15) is 60.3 Å². The van der Waals surface area contributed by atoms with Gasteiger partial charge in [-0.2, -0.15) is 0 Å². The van der Waals surface area contributed by atoms with Crippen LogP contribution in [0.5, 0.6) is 0 Å². The zero-order valence-corrected chi connectivity index (χ0v) is 13.5. The Kier molecular flexibility index (Phi) is 4.59. The summed E-state index contributed by atoms with van der Waals surface area (Å²) in [5.74, 6) is 0. The zero-order valence-electron chi connectivity index (χ0n) is 13.5. The molecule has 2 aliphatic rings. The summed E-state index contributed by atoms with van der Waals surface area (Å²) in [6.07, 6.45) is 5.97. The molecular weight excluding hydrogens is 236 g/mol. The van der Waals surface area contributed by atoms with Gasteiger partial charge in [0.1, 0.15) is 0 Å². The highest BCUT2D eigenvalue weighted by Gasteiger charge is 2.35. The van der Waals surface area contributed by atoms with E-state index in [4.69, 9.17) is 4.74 Å². The van der Waals surface area contributed by atoms with Crippen LogP contribution >= 0.6 is 0 Å². The van der Waals surface area contributed by atoms with Crippen molar-refractivity contribution in [1.82, 2.24) is 10.2 Å². The van der Waals surface area contributed by atoms with Crippen LogP contribution in [0, 0.1) is 0 Å². The Morgan fingerprint density at radius 3 is 2.47 bits per heavy atom. The lowest BCUT2D eigenvalue weighted by atomic mass is 10.0. The van der Waals surface area contributed by atoms with E-state index in [9.17, 15) is 0 Å². The quantitative estimate of drug-likeness (QED) is 0.848. The predicted octanol–water partition coefficient (Wildman–Crippen LogP) is 2.80. The molecule has 0 aromatic carbocycles. The highest BCUT2D eigenvalue weighted by molar-refractivity contribution is 4.90. The van der Waals surface area contributed by atoms with Crippen molar-refractivity contribution in [2.24, 2.45) is 0 Å². The summed E-state index contributed by atoms with van der Waals surface area (Å²) in [4.78, 5) is 2.62. The Hall–Kier alpha value is -0.120. The van der Waals surface area contributed by atoms with E-state index in [1.165, 1.54) is 32.2 Å². The van der Waals surface area contributed by atoms with Crippen LogP contribution in [0.15, 0.2) is 0 Å². The first-order chi connectivity index (χ1) is 8.76. The molecule has 0 radical (unpaired) electrons. The van der Waals surface area contributed by atoms with Gasteiger partial charge in [-0.15, -0.1) is 0 Å².